The Bertz CT molecular complexity index is 235. The van der Waals surface area contributed by atoms with Gasteiger partial charge in [0.25, 0.3) is 0 Å². The van der Waals surface area contributed by atoms with Crippen LogP contribution in [0.15, 0.2) is 0 Å². The van der Waals surface area contributed by atoms with Crippen molar-refractivity contribution < 1.29 is 42.5 Å². The normalized spacial score (nSPS) is 11.1. The Morgan fingerprint density at radius 2 is 1.56 bits per heavy atom. The van der Waals surface area contributed by atoms with Crippen LogP contribution in [0.5, 0.6) is 0 Å². The predicted molar refractivity (Wildman–Crippen MR) is 63.8 cm³/mol. The van der Waals surface area contributed by atoms with Gasteiger partial charge in [-0.1, -0.05) is 25.7 Å². The fourth-order valence-corrected chi connectivity index (χ4v) is 2.76. The first kappa shape index (κ1) is 19.6. The van der Waals surface area contributed by atoms with Gasteiger partial charge >= 0.3 is 29.6 Å². The Morgan fingerprint density at radius 1 is 1.06 bits per heavy atom. The van der Waals surface area contributed by atoms with Gasteiger partial charge in [0.2, 0.25) is 0 Å². The second-order valence-electron chi connectivity index (χ2n) is 3.46. The molecule has 0 aliphatic heterocycles. The molecule has 0 aliphatic rings. The molecule has 0 amide bonds. The molecule has 0 spiro atoms. The standard InChI is InChI=1S/C9H21NO3S2.Na/c1-10-8-6-4-2-3-5-7-9-14-15(11,12)13;/h10H,2-9H2,1H3,(H,11,12,13);/q;+1/p-1. The maximum absolute atomic E-state index is 10.2. The van der Waals surface area contributed by atoms with Crippen molar-refractivity contribution in [1.29, 1.82) is 0 Å². The van der Waals surface area contributed by atoms with Crippen LogP contribution in [-0.2, 0) is 9.15 Å². The van der Waals surface area contributed by atoms with Gasteiger partial charge in [-0.05, 0) is 37.2 Å². The molecule has 0 heterocycles. The summed E-state index contributed by atoms with van der Waals surface area (Å²) in [6.45, 7) is 1.06. The van der Waals surface area contributed by atoms with E-state index < -0.39 is 9.15 Å². The Hall–Kier alpha value is 1.22. The fraction of sp³-hybridized carbons (Fsp3) is 1.00. The molecule has 92 valence electrons. The van der Waals surface area contributed by atoms with E-state index in [0.717, 1.165) is 25.8 Å². The Labute approximate surface area is 125 Å². The van der Waals surface area contributed by atoms with Crippen LogP contribution in [-0.4, -0.2) is 32.3 Å². The SMILES string of the molecule is CNCCCCCCCCSS(=O)(=O)[O-].[Na+]. The van der Waals surface area contributed by atoms with Crippen LogP contribution in [0.3, 0.4) is 0 Å². The van der Waals surface area contributed by atoms with Crippen molar-refractivity contribution in [2.45, 2.75) is 38.5 Å². The summed E-state index contributed by atoms with van der Waals surface area (Å²) in [6, 6.07) is 0. The van der Waals surface area contributed by atoms with E-state index in [1.807, 2.05) is 7.05 Å². The van der Waals surface area contributed by atoms with Crippen LogP contribution in [0, 0.1) is 0 Å². The second kappa shape index (κ2) is 12.7. The van der Waals surface area contributed by atoms with Crippen LogP contribution >= 0.6 is 10.8 Å². The number of unbranched alkanes of at least 4 members (excludes halogenated alkanes) is 5. The van der Waals surface area contributed by atoms with Crippen LogP contribution in [0.2, 0.25) is 0 Å². The molecular weight excluding hydrogens is 257 g/mol. The van der Waals surface area contributed by atoms with E-state index in [9.17, 15) is 13.0 Å². The zero-order valence-electron chi connectivity index (χ0n) is 10.2. The molecule has 0 fully saturated rings. The summed E-state index contributed by atoms with van der Waals surface area (Å²) >= 11 is 0. The van der Waals surface area contributed by atoms with Crippen molar-refractivity contribution in [3.63, 3.8) is 0 Å². The first-order valence-corrected chi connectivity index (χ1v) is 8.22. The Kier molecular flexibility index (Phi) is 15.5. The summed E-state index contributed by atoms with van der Waals surface area (Å²) in [4.78, 5) is 0. The van der Waals surface area contributed by atoms with E-state index in [1.54, 1.807) is 0 Å². The minimum Gasteiger partial charge on any atom is -0.739 e. The third-order valence-electron chi connectivity index (χ3n) is 2.05. The van der Waals surface area contributed by atoms with Gasteiger partial charge in [-0.25, -0.2) is 8.42 Å². The molecule has 7 heteroatoms. The second-order valence-corrected chi connectivity index (χ2v) is 6.85. The third-order valence-corrected chi connectivity index (χ3v) is 4.16. The summed E-state index contributed by atoms with van der Waals surface area (Å²) in [5.74, 6) is 0.433. The molecule has 16 heavy (non-hydrogen) atoms. The third kappa shape index (κ3) is 17.6. The summed E-state index contributed by atoms with van der Waals surface area (Å²) in [7, 11) is -1.61. The molecule has 0 bridgehead atoms. The molecule has 4 nitrogen and oxygen atoms in total. The molecular formula is C9H20NNaO3S2. The van der Waals surface area contributed by atoms with Crippen molar-refractivity contribution in [3.05, 3.63) is 0 Å². The van der Waals surface area contributed by atoms with Crippen LogP contribution in [0.25, 0.3) is 0 Å². The molecule has 0 saturated heterocycles. The van der Waals surface area contributed by atoms with Crippen LogP contribution in [0.1, 0.15) is 38.5 Å². The maximum atomic E-state index is 10.2. The monoisotopic (exact) mass is 277 g/mol. The predicted octanol–water partition coefficient (Wildman–Crippen LogP) is -1.26. The zero-order chi connectivity index (χ0) is 11.6. The van der Waals surface area contributed by atoms with Gasteiger partial charge < -0.3 is 9.87 Å². The summed E-state index contributed by atoms with van der Waals surface area (Å²) in [6.07, 6.45) is 6.56. The molecule has 0 rings (SSSR count). The van der Waals surface area contributed by atoms with Crippen molar-refractivity contribution in [1.82, 2.24) is 5.32 Å². The summed E-state index contributed by atoms with van der Waals surface area (Å²) in [5, 5.41) is 3.09. The molecule has 1 N–H and O–H groups in total. The van der Waals surface area contributed by atoms with Crippen molar-refractivity contribution in [2.24, 2.45) is 0 Å². The molecule has 0 atom stereocenters. The molecule has 0 unspecified atom stereocenters. The average Bonchev–Trinajstić information content (AvgIpc) is 2.14. The van der Waals surface area contributed by atoms with Gasteiger partial charge in [0.05, 0.1) is 0 Å². The molecule has 0 aromatic heterocycles. The smallest absolute Gasteiger partial charge is 0.739 e. The van der Waals surface area contributed by atoms with Crippen LogP contribution in [0.4, 0.5) is 0 Å². The van der Waals surface area contributed by atoms with Crippen molar-refractivity contribution in [2.75, 3.05) is 19.3 Å². The van der Waals surface area contributed by atoms with Crippen molar-refractivity contribution >= 4 is 19.9 Å². The van der Waals surface area contributed by atoms with E-state index in [2.05, 4.69) is 5.32 Å². The first-order valence-electron chi connectivity index (χ1n) is 5.31. The number of rotatable bonds is 10. The minimum atomic E-state index is -4.07. The van der Waals surface area contributed by atoms with Gasteiger partial charge in [0.15, 0.2) is 0 Å². The van der Waals surface area contributed by atoms with Crippen molar-refractivity contribution in [3.8, 4) is 0 Å². The van der Waals surface area contributed by atoms with Gasteiger partial charge in [-0.3, -0.25) is 0 Å². The fourth-order valence-electron chi connectivity index (χ4n) is 1.27. The van der Waals surface area contributed by atoms with Gasteiger partial charge in [-0.2, -0.15) is 0 Å². The van der Waals surface area contributed by atoms with Gasteiger partial charge in [-0.15, -0.1) is 0 Å². The van der Waals surface area contributed by atoms with Gasteiger partial charge in [0.1, 0.15) is 9.15 Å². The summed E-state index contributed by atoms with van der Waals surface area (Å²) in [5.41, 5.74) is 0. The molecule has 0 aromatic carbocycles. The van der Waals surface area contributed by atoms with E-state index in [0.29, 0.717) is 16.5 Å². The van der Waals surface area contributed by atoms with E-state index in [-0.39, 0.29) is 29.6 Å². The minimum absolute atomic E-state index is 0. The number of hydrogen-bond acceptors (Lipinski definition) is 5. The Balaban J connectivity index is 0. The van der Waals surface area contributed by atoms with Crippen LogP contribution < -0.4 is 34.9 Å². The van der Waals surface area contributed by atoms with E-state index in [4.69, 9.17) is 0 Å². The molecule has 0 aromatic rings. The average molecular weight is 277 g/mol. The Morgan fingerprint density at radius 3 is 2.06 bits per heavy atom. The number of nitrogens with one attached hydrogen (secondary N) is 1. The zero-order valence-corrected chi connectivity index (χ0v) is 13.8. The largest absolute Gasteiger partial charge is 1.00 e. The maximum Gasteiger partial charge on any atom is 1.00 e. The van der Waals surface area contributed by atoms with E-state index >= 15 is 0 Å². The first-order chi connectivity index (χ1) is 7.06. The molecule has 0 saturated carbocycles. The van der Waals surface area contributed by atoms with Gasteiger partial charge in [0, 0.05) is 5.75 Å². The topological polar surface area (TPSA) is 69.2 Å². The molecule has 0 radical (unpaired) electrons. The number of hydrogen-bond donors (Lipinski definition) is 1. The molecule has 0 aliphatic carbocycles. The van der Waals surface area contributed by atoms with E-state index in [1.165, 1.54) is 19.3 Å². The summed E-state index contributed by atoms with van der Waals surface area (Å²) < 4.78 is 30.7. The quantitative estimate of drug-likeness (QED) is 0.234.